The molecule has 0 aromatic carbocycles. The van der Waals surface area contributed by atoms with Gasteiger partial charge in [0.2, 0.25) is 5.91 Å². The third kappa shape index (κ3) is 2.59. The van der Waals surface area contributed by atoms with Crippen LogP contribution in [0.3, 0.4) is 0 Å². The molecule has 0 radical (unpaired) electrons. The lowest BCUT2D eigenvalue weighted by Crippen LogP contribution is -2.38. The van der Waals surface area contributed by atoms with Gasteiger partial charge in [-0.3, -0.25) is 4.79 Å². The van der Waals surface area contributed by atoms with E-state index in [1.807, 2.05) is 0 Å². The summed E-state index contributed by atoms with van der Waals surface area (Å²) in [5.74, 6) is -0.113. The van der Waals surface area contributed by atoms with Gasteiger partial charge in [-0.25, -0.2) is 4.98 Å². The number of aromatic nitrogens is 1. The van der Waals surface area contributed by atoms with E-state index in [9.17, 15) is 4.79 Å². The Morgan fingerprint density at radius 2 is 2.07 bits per heavy atom. The topological polar surface area (TPSA) is 51.2 Å². The van der Waals surface area contributed by atoms with Crippen LogP contribution in [0.1, 0.15) is 11.7 Å². The zero-order chi connectivity index (χ0) is 10.8. The highest BCUT2D eigenvalue weighted by Gasteiger charge is 2.20. The average Bonchev–Trinajstić information content (AvgIpc) is 2.17. The predicted octanol–water partition coefficient (Wildman–Crippen LogP) is 1.58. The highest BCUT2D eigenvalue weighted by Crippen LogP contribution is 2.23. The normalized spacial score (nSPS) is 21.2. The van der Waals surface area contributed by atoms with Gasteiger partial charge in [-0.1, -0.05) is 23.2 Å². The number of rotatable bonds is 1. The third-order valence-corrected chi connectivity index (χ3v) is 2.44. The van der Waals surface area contributed by atoms with Crippen LogP contribution in [0, 0.1) is 0 Å². The molecule has 0 aliphatic carbocycles. The maximum atomic E-state index is 10.9. The molecule has 1 unspecified atom stereocenters. The number of pyridine rings is 1. The van der Waals surface area contributed by atoms with Gasteiger partial charge in [0.05, 0.1) is 0 Å². The Morgan fingerprint density at radius 1 is 1.40 bits per heavy atom. The second kappa shape index (κ2) is 4.35. The molecule has 1 amide bonds. The maximum absolute atomic E-state index is 10.9. The van der Waals surface area contributed by atoms with Crippen LogP contribution >= 0.6 is 23.2 Å². The van der Waals surface area contributed by atoms with Crippen molar-refractivity contribution >= 4 is 29.1 Å². The first-order valence-electron chi connectivity index (χ1n) is 4.36. The van der Waals surface area contributed by atoms with E-state index in [-0.39, 0.29) is 18.6 Å². The van der Waals surface area contributed by atoms with Crippen molar-refractivity contribution in [2.24, 2.45) is 0 Å². The maximum Gasteiger partial charge on any atom is 0.246 e. The molecular weight excluding hydrogens is 239 g/mol. The van der Waals surface area contributed by atoms with E-state index in [1.165, 1.54) is 0 Å². The van der Waals surface area contributed by atoms with E-state index in [1.54, 1.807) is 12.1 Å². The minimum atomic E-state index is -0.208. The third-order valence-electron chi connectivity index (χ3n) is 2.06. The SMILES string of the molecule is O=C1COC(c2cc(Cl)nc(Cl)c2)CN1. The van der Waals surface area contributed by atoms with Crippen molar-refractivity contribution in [3.05, 3.63) is 28.0 Å². The lowest BCUT2D eigenvalue weighted by molar-refractivity contribution is -0.133. The van der Waals surface area contributed by atoms with Crippen LogP contribution in [-0.2, 0) is 9.53 Å². The van der Waals surface area contributed by atoms with E-state index >= 15 is 0 Å². The molecule has 0 spiro atoms. The Hall–Kier alpha value is -0.840. The summed E-state index contributed by atoms with van der Waals surface area (Å²) in [5.41, 5.74) is 0.819. The first-order chi connectivity index (χ1) is 7.15. The summed E-state index contributed by atoms with van der Waals surface area (Å²) >= 11 is 11.5. The van der Waals surface area contributed by atoms with Gasteiger partial charge < -0.3 is 10.1 Å². The summed E-state index contributed by atoms with van der Waals surface area (Å²) in [5, 5.41) is 3.33. The molecule has 1 aromatic heterocycles. The fourth-order valence-corrected chi connectivity index (χ4v) is 1.85. The van der Waals surface area contributed by atoms with E-state index in [0.29, 0.717) is 16.9 Å². The van der Waals surface area contributed by atoms with Crippen LogP contribution < -0.4 is 5.32 Å². The summed E-state index contributed by atoms with van der Waals surface area (Å²) in [6.45, 7) is 0.484. The first kappa shape index (κ1) is 10.7. The van der Waals surface area contributed by atoms with Crippen LogP contribution in [0.25, 0.3) is 0 Å². The molecule has 15 heavy (non-hydrogen) atoms. The molecule has 1 atom stereocenters. The zero-order valence-electron chi connectivity index (χ0n) is 7.67. The molecule has 1 saturated heterocycles. The molecule has 1 N–H and O–H groups in total. The second-order valence-electron chi connectivity index (χ2n) is 3.15. The fourth-order valence-electron chi connectivity index (χ4n) is 1.38. The molecule has 1 fully saturated rings. The molecule has 1 aliphatic rings. The minimum Gasteiger partial charge on any atom is -0.362 e. The summed E-state index contributed by atoms with van der Waals surface area (Å²) in [6, 6.07) is 3.35. The van der Waals surface area contributed by atoms with Gasteiger partial charge in [0.25, 0.3) is 0 Å². The average molecular weight is 247 g/mol. The number of hydrogen-bond acceptors (Lipinski definition) is 3. The number of hydrogen-bond donors (Lipinski definition) is 1. The lowest BCUT2D eigenvalue weighted by Gasteiger charge is -2.23. The van der Waals surface area contributed by atoms with Gasteiger partial charge in [0.1, 0.15) is 23.0 Å². The van der Waals surface area contributed by atoms with Gasteiger partial charge in [-0.2, -0.15) is 0 Å². The van der Waals surface area contributed by atoms with Gasteiger partial charge >= 0.3 is 0 Å². The number of amides is 1. The molecule has 2 rings (SSSR count). The fraction of sp³-hybridized carbons (Fsp3) is 0.333. The number of carbonyl (C=O) groups excluding carboxylic acids is 1. The van der Waals surface area contributed by atoms with Crippen molar-refractivity contribution in [3.63, 3.8) is 0 Å². The van der Waals surface area contributed by atoms with Gasteiger partial charge in [-0.05, 0) is 17.7 Å². The smallest absolute Gasteiger partial charge is 0.246 e. The Bertz CT molecular complexity index is 367. The molecule has 2 heterocycles. The molecule has 1 aromatic rings. The molecule has 0 saturated carbocycles. The Morgan fingerprint density at radius 3 is 2.60 bits per heavy atom. The van der Waals surface area contributed by atoms with Crippen LogP contribution in [0.5, 0.6) is 0 Å². The Labute approximate surface area is 96.5 Å². The predicted molar refractivity (Wildman–Crippen MR) is 56.0 cm³/mol. The summed E-state index contributed by atoms with van der Waals surface area (Å²) in [6.07, 6.45) is -0.208. The van der Waals surface area contributed by atoms with E-state index in [2.05, 4.69) is 10.3 Å². The molecule has 1 aliphatic heterocycles. The molecule has 80 valence electrons. The highest BCUT2D eigenvalue weighted by atomic mass is 35.5. The van der Waals surface area contributed by atoms with Crippen molar-refractivity contribution in [3.8, 4) is 0 Å². The standard InChI is InChI=1S/C9H8Cl2N2O2/c10-7-1-5(2-8(11)13-7)6-3-12-9(14)4-15-6/h1-2,6H,3-4H2,(H,12,14). The summed E-state index contributed by atoms with van der Waals surface area (Å²) in [4.78, 5) is 14.7. The van der Waals surface area contributed by atoms with Crippen molar-refractivity contribution < 1.29 is 9.53 Å². The van der Waals surface area contributed by atoms with E-state index in [4.69, 9.17) is 27.9 Å². The largest absolute Gasteiger partial charge is 0.362 e. The van der Waals surface area contributed by atoms with Crippen molar-refractivity contribution in [1.82, 2.24) is 10.3 Å². The molecule has 4 nitrogen and oxygen atoms in total. The monoisotopic (exact) mass is 246 g/mol. The number of halogens is 2. The number of nitrogens with one attached hydrogen (secondary N) is 1. The zero-order valence-corrected chi connectivity index (χ0v) is 9.18. The quantitative estimate of drug-likeness (QED) is 0.766. The molecule has 6 heteroatoms. The van der Waals surface area contributed by atoms with Gasteiger partial charge in [-0.15, -0.1) is 0 Å². The number of morpholine rings is 1. The van der Waals surface area contributed by atoms with Gasteiger partial charge in [0.15, 0.2) is 0 Å². The van der Waals surface area contributed by atoms with Crippen molar-refractivity contribution in [2.45, 2.75) is 6.10 Å². The Balaban J connectivity index is 2.18. The molecule has 0 bridgehead atoms. The number of carbonyl (C=O) groups is 1. The first-order valence-corrected chi connectivity index (χ1v) is 5.12. The van der Waals surface area contributed by atoms with Crippen LogP contribution in [-0.4, -0.2) is 24.0 Å². The van der Waals surface area contributed by atoms with E-state index in [0.717, 1.165) is 5.56 Å². The minimum absolute atomic E-state index is 0.0578. The number of ether oxygens (including phenoxy) is 1. The van der Waals surface area contributed by atoms with Crippen LogP contribution in [0.2, 0.25) is 10.3 Å². The van der Waals surface area contributed by atoms with Crippen molar-refractivity contribution in [1.29, 1.82) is 0 Å². The van der Waals surface area contributed by atoms with Crippen LogP contribution in [0.15, 0.2) is 12.1 Å². The Kier molecular flexibility index (Phi) is 3.09. The summed E-state index contributed by atoms with van der Waals surface area (Å²) < 4.78 is 5.33. The van der Waals surface area contributed by atoms with Crippen molar-refractivity contribution in [2.75, 3.05) is 13.2 Å². The van der Waals surface area contributed by atoms with Gasteiger partial charge in [0, 0.05) is 6.54 Å². The van der Waals surface area contributed by atoms with E-state index < -0.39 is 0 Å². The summed E-state index contributed by atoms with van der Waals surface area (Å²) in [7, 11) is 0. The molecular formula is C9H8Cl2N2O2. The second-order valence-corrected chi connectivity index (χ2v) is 3.92. The highest BCUT2D eigenvalue weighted by molar-refractivity contribution is 6.32. The number of nitrogens with zero attached hydrogens (tertiary/aromatic N) is 1. The van der Waals surface area contributed by atoms with Crippen LogP contribution in [0.4, 0.5) is 0 Å². The lowest BCUT2D eigenvalue weighted by atomic mass is 10.1.